The minimum absolute atomic E-state index is 0.166. The van der Waals surface area contributed by atoms with Crippen LogP contribution in [0.5, 0.6) is 0 Å². The molecular weight excluding hydrogens is 224 g/mol. The first-order chi connectivity index (χ1) is 8.13. The van der Waals surface area contributed by atoms with Gasteiger partial charge in [-0.2, -0.15) is 0 Å². The fraction of sp³-hybridized carbons (Fsp3) is 1.00. The normalized spacial score (nSPS) is 14.8. The van der Waals surface area contributed by atoms with Crippen molar-refractivity contribution in [3.05, 3.63) is 0 Å². The molecule has 0 rings (SSSR count). The Balaban J connectivity index is 3.82. The molecule has 0 aliphatic carbocycles. The summed E-state index contributed by atoms with van der Waals surface area (Å²) >= 11 is 0. The second kappa shape index (κ2) is 8.13. The van der Waals surface area contributed by atoms with Crippen LogP contribution < -0.4 is 5.32 Å². The monoisotopic (exact) mass is 258 g/mol. The highest BCUT2D eigenvalue weighted by atomic mass is 16.5. The van der Waals surface area contributed by atoms with E-state index < -0.39 is 0 Å². The van der Waals surface area contributed by atoms with Crippen LogP contribution in [0.25, 0.3) is 0 Å². The standard InChI is InChI=1S/C15H34N2O/c1-12(2)17(13(3)4)9-10-18-14(5)11-16-15(6,7)8/h12-14,16H,9-11H2,1-8H3. The Hall–Kier alpha value is -0.120. The molecule has 0 amide bonds. The van der Waals surface area contributed by atoms with Gasteiger partial charge in [0, 0.05) is 30.7 Å². The Morgan fingerprint density at radius 1 is 1.00 bits per heavy atom. The lowest BCUT2D eigenvalue weighted by Crippen LogP contribution is -2.42. The van der Waals surface area contributed by atoms with E-state index in [2.05, 4.69) is 65.6 Å². The zero-order chi connectivity index (χ0) is 14.3. The van der Waals surface area contributed by atoms with E-state index in [0.717, 1.165) is 19.7 Å². The van der Waals surface area contributed by atoms with Gasteiger partial charge in [-0.3, -0.25) is 4.90 Å². The van der Waals surface area contributed by atoms with Crippen LogP contribution in [-0.2, 0) is 4.74 Å². The predicted molar refractivity (Wildman–Crippen MR) is 80.1 cm³/mol. The Bertz CT molecular complexity index is 201. The van der Waals surface area contributed by atoms with Gasteiger partial charge < -0.3 is 10.1 Å². The van der Waals surface area contributed by atoms with Gasteiger partial charge >= 0.3 is 0 Å². The number of rotatable bonds is 8. The highest BCUT2D eigenvalue weighted by molar-refractivity contribution is 4.72. The molecule has 110 valence electrons. The van der Waals surface area contributed by atoms with Crippen LogP contribution in [0, 0.1) is 0 Å². The molecular formula is C15H34N2O. The Kier molecular flexibility index (Phi) is 8.08. The van der Waals surface area contributed by atoms with E-state index in [4.69, 9.17) is 4.74 Å². The second-order valence-electron chi connectivity index (χ2n) is 6.74. The van der Waals surface area contributed by atoms with Crippen LogP contribution in [-0.4, -0.2) is 48.3 Å². The Labute approximate surface area is 114 Å². The topological polar surface area (TPSA) is 24.5 Å². The van der Waals surface area contributed by atoms with Crippen molar-refractivity contribution in [2.75, 3.05) is 19.7 Å². The van der Waals surface area contributed by atoms with Crippen molar-refractivity contribution < 1.29 is 4.74 Å². The van der Waals surface area contributed by atoms with Gasteiger partial charge in [-0.25, -0.2) is 0 Å². The van der Waals surface area contributed by atoms with Gasteiger partial charge in [0.1, 0.15) is 0 Å². The first-order valence-corrected chi connectivity index (χ1v) is 7.26. The zero-order valence-electron chi connectivity index (χ0n) is 13.7. The summed E-state index contributed by atoms with van der Waals surface area (Å²) in [4.78, 5) is 2.46. The van der Waals surface area contributed by atoms with Gasteiger partial charge in [0.2, 0.25) is 0 Å². The van der Waals surface area contributed by atoms with Gasteiger partial charge in [0.05, 0.1) is 12.7 Å². The van der Waals surface area contributed by atoms with Crippen molar-refractivity contribution in [3.8, 4) is 0 Å². The summed E-state index contributed by atoms with van der Waals surface area (Å²) in [6.07, 6.45) is 0.269. The number of hydrogen-bond donors (Lipinski definition) is 1. The largest absolute Gasteiger partial charge is 0.376 e. The van der Waals surface area contributed by atoms with Crippen molar-refractivity contribution in [1.29, 1.82) is 0 Å². The molecule has 0 bridgehead atoms. The average Bonchev–Trinajstić information content (AvgIpc) is 2.19. The lowest BCUT2D eigenvalue weighted by atomic mass is 10.1. The van der Waals surface area contributed by atoms with Crippen LogP contribution in [0.4, 0.5) is 0 Å². The maximum absolute atomic E-state index is 5.86. The molecule has 1 N–H and O–H groups in total. The van der Waals surface area contributed by atoms with E-state index in [0.29, 0.717) is 12.1 Å². The maximum atomic E-state index is 5.86. The van der Waals surface area contributed by atoms with Crippen LogP contribution in [0.1, 0.15) is 55.4 Å². The molecule has 0 aliphatic rings. The second-order valence-corrected chi connectivity index (χ2v) is 6.74. The summed E-state index contributed by atoms with van der Waals surface area (Å²) in [5.41, 5.74) is 0.166. The van der Waals surface area contributed by atoms with Crippen LogP contribution in [0.2, 0.25) is 0 Å². The van der Waals surface area contributed by atoms with Gasteiger partial charge in [0.15, 0.2) is 0 Å². The molecule has 0 aliphatic heterocycles. The van der Waals surface area contributed by atoms with Crippen molar-refractivity contribution in [3.63, 3.8) is 0 Å². The Morgan fingerprint density at radius 2 is 1.50 bits per heavy atom. The zero-order valence-corrected chi connectivity index (χ0v) is 13.7. The highest BCUT2D eigenvalue weighted by Gasteiger charge is 2.14. The van der Waals surface area contributed by atoms with Crippen molar-refractivity contribution in [2.45, 2.75) is 79.1 Å². The SMILES string of the molecule is CC(CNC(C)(C)C)OCCN(C(C)C)C(C)C. The minimum Gasteiger partial charge on any atom is -0.376 e. The molecule has 1 unspecified atom stereocenters. The number of nitrogens with zero attached hydrogens (tertiary/aromatic N) is 1. The van der Waals surface area contributed by atoms with Crippen LogP contribution in [0.3, 0.4) is 0 Å². The molecule has 0 heterocycles. The first-order valence-electron chi connectivity index (χ1n) is 7.26. The van der Waals surface area contributed by atoms with E-state index >= 15 is 0 Å². The smallest absolute Gasteiger partial charge is 0.0672 e. The quantitative estimate of drug-likeness (QED) is 0.724. The van der Waals surface area contributed by atoms with Crippen molar-refractivity contribution in [1.82, 2.24) is 10.2 Å². The van der Waals surface area contributed by atoms with E-state index in [1.165, 1.54) is 0 Å². The van der Waals surface area contributed by atoms with Gasteiger partial charge in [0.25, 0.3) is 0 Å². The van der Waals surface area contributed by atoms with Crippen LogP contribution >= 0.6 is 0 Å². The number of nitrogens with one attached hydrogen (secondary N) is 1. The van der Waals surface area contributed by atoms with Gasteiger partial charge in [-0.05, 0) is 55.4 Å². The maximum Gasteiger partial charge on any atom is 0.0672 e. The molecule has 0 aromatic rings. The molecule has 3 nitrogen and oxygen atoms in total. The number of ether oxygens (including phenoxy) is 1. The summed E-state index contributed by atoms with van der Waals surface area (Å²) in [7, 11) is 0. The average molecular weight is 258 g/mol. The minimum atomic E-state index is 0.166. The van der Waals surface area contributed by atoms with E-state index in [1.54, 1.807) is 0 Å². The van der Waals surface area contributed by atoms with E-state index in [9.17, 15) is 0 Å². The molecule has 0 aromatic carbocycles. The molecule has 0 radical (unpaired) electrons. The summed E-state index contributed by atoms with van der Waals surface area (Å²) in [6.45, 7) is 20.4. The van der Waals surface area contributed by atoms with E-state index in [1.807, 2.05) is 0 Å². The molecule has 0 saturated heterocycles. The fourth-order valence-corrected chi connectivity index (χ4v) is 1.98. The third kappa shape index (κ3) is 8.90. The summed E-state index contributed by atoms with van der Waals surface area (Å²) in [5.74, 6) is 0. The first kappa shape index (κ1) is 17.9. The third-order valence-electron chi connectivity index (χ3n) is 3.00. The molecule has 0 aromatic heterocycles. The summed E-state index contributed by atoms with van der Waals surface area (Å²) in [6, 6.07) is 1.16. The highest BCUT2D eigenvalue weighted by Crippen LogP contribution is 2.05. The molecule has 3 heteroatoms. The third-order valence-corrected chi connectivity index (χ3v) is 3.00. The molecule has 0 saturated carbocycles. The van der Waals surface area contributed by atoms with Gasteiger partial charge in [-0.1, -0.05) is 0 Å². The van der Waals surface area contributed by atoms with Gasteiger partial charge in [-0.15, -0.1) is 0 Å². The Morgan fingerprint density at radius 3 is 1.89 bits per heavy atom. The predicted octanol–water partition coefficient (Wildman–Crippen LogP) is 2.90. The lowest BCUT2D eigenvalue weighted by molar-refractivity contribution is 0.0322. The molecule has 18 heavy (non-hydrogen) atoms. The lowest BCUT2D eigenvalue weighted by Gasteiger charge is -2.31. The summed E-state index contributed by atoms with van der Waals surface area (Å²) in [5, 5.41) is 3.47. The fourth-order valence-electron chi connectivity index (χ4n) is 1.98. The molecule has 0 fully saturated rings. The van der Waals surface area contributed by atoms with Crippen LogP contribution in [0.15, 0.2) is 0 Å². The van der Waals surface area contributed by atoms with Crippen molar-refractivity contribution in [2.24, 2.45) is 0 Å². The molecule has 0 spiro atoms. The van der Waals surface area contributed by atoms with Crippen molar-refractivity contribution >= 4 is 0 Å². The molecule has 1 atom stereocenters. The number of hydrogen-bond acceptors (Lipinski definition) is 3. The van der Waals surface area contributed by atoms with E-state index in [-0.39, 0.29) is 11.6 Å². The summed E-state index contributed by atoms with van der Waals surface area (Å²) < 4.78 is 5.86.